The second-order valence-corrected chi connectivity index (χ2v) is 4.33. The van der Waals surface area contributed by atoms with Gasteiger partial charge in [0.15, 0.2) is 0 Å². The molecule has 1 aliphatic rings. The van der Waals surface area contributed by atoms with Gasteiger partial charge in [-0.1, -0.05) is 0 Å². The van der Waals surface area contributed by atoms with Crippen molar-refractivity contribution in [3.8, 4) is 17.0 Å². The van der Waals surface area contributed by atoms with Crippen molar-refractivity contribution in [2.75, 3.05) is 6.61 Å². The SMILES string of the molecule is OCCn1cc2c(n1)-c1ccc(O)cc1CC2. The summed E-state index contributed by atoms with van der Waals surface area (Å²) in [7, 11) is 0. The molecule has 88 valence electrons. The molecular weight excluding hydrogens is 216 g/mol. The summed E-state index contributed by atoms with van der Waals surface area (Å²) >= 11 is 0. The van der Waals surface area contributed by atoms with Gasteiger partial charge in [-0.2, -0.15) is 5.10 Å². The van der Waals surface area contributed by atoms with Crippen molar-refractivity contribution in [2.24, 2.45) is 0 Å². The van der Waals surface area contributed by atoms with E-state index in [1.165, 1.54) is 5.56 Å². The lowest BCUT2D eigenvalue weighted by Crippen LogP contribution is -2.03. The first kappa shape index (κ1) is 10.4. The molecule has 1 heterocycles. The molecule has 4 heteroatoms. The van der Waals surface area contributed by atoms with Gasteiger partial charge in [-0.05, 0) is 42.2 Å². The molecule has 0 amide bonds. The minimum atomic E-state index is 0.100. The van der Waals surface area contributed by atoms with Crippen LogP contribution in [0.25, 0.3) is 11.3 Å². The largest absolute Gasteiger partial charge is 0.508 e. The Morgan fingerprint density at radius 1 is 1.24 bits per heavy atom. The molecule has 3 rings (SSSR count). The molecule has 1 aromatic carbocycles. The number of nitrogens with zero attached hydrogens (tertiary/aromatic N) is 2. The zero-order valence-electron chi connectivity index (χ0n) is 9.43. The second-order valence-electron chi connectivity index (χ2n) is 4.33. The first-order chi connectivity index (χ1) is 8.28. The predicted octanol–water partition coefficient (Wildman–Crippen LogP) is 1.35. The van der Waals surface area contributed by atoms with E-state index < -0.39 is 0 Å². The number of rotatable bonds is 2. The zero-order chi connectivity index (χ0) is 11.8. The number of aliphatic hydroxyl groups is 1. The van der Waals surface area contributed by atoms with E-state index in [1.54, 1.807) is 10.7 Å². The smallest absolute Gasteiger partial charge is 0.115 e. The first-order valence-corrected chi connectivity index (χ1v) is 5.77. The summed E-state index contributed by atoms with van der Waals surface area (Å²) in [5.74, 6) is 0.307. The van der Waals surface area contributed by atoms with Crippen LogP contribution in [0.4, 0.5) is 0 Å². The predicted molar refractivity (Wildman–Crippen MR) is 63.8 cm³/mol. The highest BCUT2D eigenvalue weighted by Gasteiger charge is 2.19. The molecule has 4 nitrogen and oxygen atoms in total. The van der Waals surface area contributed by atoms with Gasteiger partial charge >= 0.3 is 0 Å². The maximum absolute atomic E-state index is 9.47. The molecule has 0 saturated heterocycles. The van der Waals surface area contributed by atoms with Crippen molar-refractivity contribution in [1.82, 2.24) is 9.78 Å². The molecule has 0 bridgehead atoms. The van der Waals surface area contributed by atoms with E-state index in [0.29, 0.717) is 12.3 Å². The number of hydrogen-bond acceptors (Lipinski definition) is 3. The van der Waals surface area contributed by atoms with Gasteiger partial charge < -0.3 is 10.2 Å². The van der Waals surface area contributed by atoms with Gasteiger partial charge in [-0.25, -0.2) is 0 Å². The van der Waals surface area contributed by atoms with E-state index in [1.807, 2.05) is 18.3 Å². The number of aromatic hydroxyl groups is 1. The number of phenolic OH excluding ortho intramolecular Hbond substituents is 1. The van der Waals surface area contributed by atoms with Crippen molar-refractivity contribution in [3.05, 3.63) is 35.5 Å². The van der Waals surface area contributed by atoms with Gasteiger partial charge in [0.1, 0.15) is 5.75 Å². The average molecular weight is 230 g/mol. The maximum atomic E-state index is 9.47. The monoisotopic (exact) mass is 230 g/mol. The number of benzene rings is 1. The first-order valence-electron chi connectivity index (χ1n) is 5.77. The Bertz CT molecular complexity index is 561. The molecule has 0 aliphatic heterocycles. The minimum absolute atomic E-state index is 0.100. The summed E-state index contributed by atoms with van der Waals surface area (Å²) in [6, 6.07) is 5.42. The third-order valence-electron chi connectivity index (χ3n) is 3.17. The molecule has 2 aromatic rings. The third-order valence-corrected chi connectivity index (χ3v) is 3.17. The van der Waals surface area contributed by atoms with Gasteiger partial charge in [0.05, 0.1) is 18.8 Å². The number of aromatic nitrogens is 2. The highest BCUT2D eigenvalue weighted by molar-refractivity contribution is 5.70. The highest BCUT2D eigenvalue weighted by Crippen LogP contribution is 2.33. The molecule has 0 spiro atoms. The topological polar surface area (TPSA) is 58.3 Å². The molecule has 0 radical (unpaired) electrons. The van der Waals surface area contributed by atoms with E-state index in [0.717, 1.165) is 29.7 Å². The van der Waals surface area contributed by atoms with E-state index in [9.17, 15) is 5.11 Å². The summed E-state index contributed by atoms with van der Waals surface area (Å²) in [4.78, 5) is 0. The van der Waals surface area contributed by atoms with Gasteiger partial charge in [-0.15, -0.1) is 0 Å². The van der Waals surface area contributed by atoms with Crippen molar-refractivity contribution in [2.45, 2.75) is 19.4 Å². The van der Waals surface area contributed by atoms with Crippen LogP contribution in [0.2, 0.25) is 0 Å². The van der Waals surface area contributed by atoms with E-state index in [2.05, 4.69) is 5.10 Å². The van der Waals surface area contributed by atoms with Crippen molar-refractivity contribution >= 4 is 0 Å². The lowest BCUT2D eigenvalue weighted by atomic mass is 9.90. The molecule has 1 aliphatic carbocycles. The fourth-order valence-corrected chi connectivity index (χ4v) is 2.38. The maximum Gasteiger partial charge on any atom is 0.115 e. The fraction of sp³-hybridized carbons (Fsp3) is 0.308. The van der Waals surface area contributed by atoms with E-state index >= 15 is 0 Å². The summed E-state index contributed by atoms with van der Waals surface area (Å²) in [5, 5.41) is 22.9. The Hall–Kier alpha value is -1.81. The van der Waals surface area contributed by atoms with Gasteiger partial charge in [0.25, 0.3) is 0 Å². The Balaban J connectivity index is 2.09. The van der Waals surface area contributed by atoms with Crippen LogP contribution in [-0.2, 0) is 19.4 Å². The molecule has 0 fully saturated rings. The van der Waals surface area contributed by atoms with Crippen LogP contribution in [0, 0.1) is 0 Å². The molecule has 17 heavy (non-hydrogen) atoms. The zero-order valence-corrected chi connectivity index (χ0v) is 9.43. The van der Waals surface area contributed by atoms with E-state index in [-0.39, 0.29) is 6.61 Å². The lowest BCUT2D eigenvalue weighted by Gasteiger charge is -2.14. The Kier molecular flexibility index (Phi) is 2.37. The Morgan fingerprint density at radius 2 is 2.06 bits per heavy atom. The number of fused-ring (bicyclic) bond motifs is 3. The Morgan fingerprint density at radius 3 is 2.88 bits per heavy atom. The quantitative estimate of drug-likeness (QED) is 0.818. The molecule has 0 unspecified atom stereocenters. The summed E-state index contributed by atoms with van der Waals surface area (Å²) in [6.07, 6.45) is 3.88. The van der Waals surface area contributed by atoms with Crippen LogP contribution in [0.1, 0.15) is 11.1 Å². The van der Waals surface area contributed by atoms with Crippen molar-refractivity contribution in [1.29, 1.82) is 0 Å². The molecule has 0 atom stereocenters. The lowest BCUT2D eigenvalue weighted by molar-refractivity contribution is 0.269. The normalized spacial score (nSPS) is 13.2. The van der Waals surface area contributed by atoms with Gasteiger partial charge in [-0.3, -0.25) is 4.68 Å². The van der Waals surface area contributed by atoms with Crippen LogP contribution in [-0.4, -0.2) is 26.6 Å². The fourth-order valence-electron chi connectivity index (χ4n) is 2.38. The van der Waals surface area contributed by atoms with Crippen LogP contribution < -0.4 is 0 Å². The van der Waals surface area contributed by atoms with E-state index in [4.69, 9.17) is 5.11 Å². The van der Waals surface area contributed by atoms with Crippen molar-refractivity contribution in [3.63, 3.8) is 0 Å². The molecule has 2 N–H and O–H groups in total. The minimum Gasteiger partial charge on any atom is -0.508 e. The average Bonchev–Trinajstić information content (AvgIpc) is 2.72. The van der Waals surface area contributed by atoms with Crippen LogP contribution in [0.5, 0.6) is 5.75 Å². The number of aliphatic hydroxyl groups excluding tert-OH is 1. The summed E-state index contributed by atoms with van der Waals surface area (Å²) < 4.78 is 1.78. The molecule has 0 saturated carbocycles. The summed E-state index contributed by atoms with van der Waals surface area (Å²) in [5.41, 5.74) is 4.45. The van der Waals surface area contributed by atoms with Crippen LogP contribution in [0.3, 0.4) is 0 Å². The molecule has 1 aromatic heterocycles. The highest BCUT2D eigenvalue weighted by atomic mass is 16.3. The number of aryl methyl sites for hydroxylation is 2. The second kappa shape index (κ2) is 3.89. The van der Waals surface area contributed by atoms with Crippen LogP contribution >= 0.6 is 0 Å². The van der Waals surface area contributed by atoms with Gasteiger partial charge in [0, 0.05) is 11.8 Å². The number of phenols is 1. The standard InChI is InChI=1S/C13H14N2O2/c16-6-5-15-8-10-2-1-9-7-11(17)3-4-12(9)13(10)14-15/h3-4,7-8,16-17H,1-2,5-6H2. The number of hydrogen-bond donors (Lipinski definition) is 2. The molecular formula is C13H14N2O2. The van der Waals surface area contributed by atoms with Gasteiger partial charge in [0.2, 0.25) is 0 Å². The summed E-state index contributed by atoms with van der Waals surface area (Å²) in [6.45, 7) is 0.628. The Labute approximate surface area is 99.1 Å². The van der Waals surface area contributed by atoms with Crippen molar-refractivity contribution < 1.29 is 10.2 Å². The van der Waals surface area contributed by atoms with Crippen LogP contribution in [0.15, 0.2) is 24.4 Å². The third kappa shape index (κ3) is 1.70.